The van der Waals surface area contributed by atoms with Crippen LogP contribution in [0.5, 0.6) is 0 Å². The summed E-state index contributed by atoms with van der Waals surface area (Å²) in [6, 6.07) is 3.05. The molecule has 0 saturated carbocycles. The highest BCUT2D eigenvalue weighted by atomic mass is 35.5. The van der Waals surface area contributed by atoms with Gasteiger partial charge in [0.1, 0.15) is 5.15 Å². The number of nitrogens with zero attached hydrogens (tertiary/aromatic N) is 2. The maximum Gasteiger partial charge on any atom is 0.416 e. The van der Waals surface area contributed by atoms with Gasteiger partial charge in [0.2, 0.25) is 0 Å². The van der Waals surface area contributed by atoms with Crippen molar-refractivity contribution in [2.45, 2.75) is 12.2 Å². The first-order valence-corrected chi connectivity index (χ1v) is 5.90. The quantitative estimate of drug-likeness (QED) is 0.520. The molecule has 0 amide bonds. The fourth-order valence-electron chi connectivity index (χ4n) is 1.82. The molecule has 0 bridgehead atoms. The van der Waals surface area contributed by atoms with Crippen LogP contribution in [0.4, 0.5) is 13.2 Å². The van der Waals surface area contributed by atoms with Crippen LogP contribution in [0.3, 0.4) is 0 Å². The van der Waals surface area contributed by atoms with Crippen molar-refractivity contribution < 1.29 is 13.2 Å². The van der Waals surface area contributed by atoms with E-state index < -0.39 is 17.8 Å². The highest BCUT2D eigenvalue weighted by molar-refractivity contribution is 6.29. The van der Waals surface area contributed by atoms with Crippen molar-refractivity contribution in [3.8, 4) is 0 Å². The molecule has 4 nitrogen and oxygen atoms in total. The summed E-state index contributed by atoms with van der Waals surface area (Å²) >= 11 is 5.65. The van der Waals surface area contributed by atoms with E-state index in [0.29, 0.717) is 5.56 Å². The molecule has 2 heterocycles. The van der Waals surface area contributed by atoms with Crippen molar-refractivity contribution in [1.82, 2.24) is 15.4 Å². The lowest BCUT2D eigenvalue weighted by atomic mass is 9.97. The molecule has 0 spiro atoms. The zero-order valence-electron chi connectivity index (χ0n) is 10.0. The summed E-state index contributed by atoms with van der Waals surface area (Å²) in [5, 5.41) is 0.242. The van der Waals surface area contributed by atoms with Gasteiger partial charge >= 0.3 is 6.18 Å². The number of hydrazine groups is 1. The van der Waals surface area contributed by atoms with Crippen molar-refractivity contribution in [3.63, 3.8) is 0 Å². The van der Waals surface area contributed by atoms with E-state index in [4.69, 9.17) is 17.4 Å². The van der Waals surface area contributed by atoms with Crippen LogP contribution in [0.25, 0.3) is 0 Å². The fraction of sp³-hybridized carbons (Fsp3) is 0.167. The van der Waals surface area contributed by atoms with Crippen LogP contribution in [0, 0.1) is 0 Å². The molecule has 0 aliphatic heterocycles. The third-order valence-corrected chi connectivity index (χ3v) is 2.94. The first-order chi connectivity index (χ1) is 9.43. The number of aromatic nitrogens is 2. The smallest absolute Gasteiger partial charge is 0.271 e. The summed E-state index contributed by atoms with van der Waals surface area (Å²) in [7, 11) is 0. The van der Waals surface area contributed by atoms with Crippen LogP contribution in [-0.4, -0.2) is 9.97 Å². The minimum Gasteiger partial charge on any atom is -0.271 e. The van der Waals surface area contributed by atoms with Gasteiger partial charge < -0.3 is 0 Å². The molecule has 1 unspecified atom stereocenters. The van der Waals surface area contributed by atoms with Gasteiger partial charge in [-0.3, -0.25) is 10.8 Å². The topological polar surface area (TPSA) is 63.8 Å². The van der Waals surface area contributed by atoms with E-state index in [1.54, 1.807) is 6.07 Å². The van der Waals surface area contributed by atoms with E-state index in [1.807, 2.05) is 0 Å². The van der Waals surface area contributed by atoms with E-state index in [9.17, 15) is 13.2 Å². The molecule has 8 heteroatoms. The standard InChI is InChI=1S/C12H10ClF3N4/c13-10-2-1-7(5-19-10)11(20-17)8-6-18-4-3-9(8)12(14,15)16/h1-6,11,20H,17H2. The fourth-order valence-corrected chi connectivity index (χ4v) is 1.93. The molecule has 20 heavy (non-hydrogen) atoms. The monoisotopic (exact) mass is 302 g/mol. The van der Waals surface area contributed by atoms with E-state index in [0.717, 1.165) is 18.5 Å². The molecule has 2 aromatic heterocycles. The number of hydrogen-bond donors (Lipinski definition) is 2. The SMILES string of the molecule is NNC(c1ccc(Cl)nc1)c1cnccc1C(F)(F)F. The van der Waals surface area contributed by atoms with Gasteiger partial charge in [-0.2, -0.15) is 13.2 Å². The summed E-state index contributed by atoms with van der Waals surface area (Å²) in [6.07, 6.45) is -0.921. The average Bonchev–Trinajstić information content (AvgIpc) is 2.41. The molecule has 106 valence electrons. The highest BCUT2D eigenvalue weighted by Crippen LogP contribution is 2.35. The van der Waals surface area contributed by atoms with Crippen molar-refractivity contribution >= 4 is 11.6 Å². The van der Waals surface area contributed by atoms with Crippen molar-refractivity contribution in [2.75, 3.05) is 0 Å². The van der Waals surface area contributed by atoms with Crippen LogP contribution in [0.2, 0.25) is 5.15 Å². The number of hydrogen-bond acceptors (Lipinski definition) is 4. The molecule has 0 saturated heterocycles. The predicted molar refractivity (Wildman–Crippen MR) is 67.7 cm³/mol. The van der Waals surface area contributed by atoms with Crippen molar-refractivity contribution in [2.24, 2.45) is 5.84 Å². The molecular weight excluding hydrogens is 293 g/mol. The van der Waals surface area contributed by atoms with Gasteiger partial charge in [-0.05, 0) is 17.7 Å². The van der Waals surface area contributed by atoms with E-state index in [-0.39, 0.29) is 10.7 Å². The third-order valence-electron chi connectivity index (χ3n) is 2.72. The zero-order valence-corrected chi connectivity index (χ0v) is 10.8. The molecule has 0 aromatic carbocycles. The summed E-state index contributed by atoms with van der Waals surface area (Å²) in [6.45, 7) is 0. The Morgan fingerprint density at radius 3 is 2.50 bits per heavy atom. The van der Waals surface area contributed by atoms with Gasteiger partial charge in [-0.25, -0.2) is 10.4 Å². The van der Waals surface area contributed by atoms with E-state index >= 15 is 0 Å². The average molecular weight is 303 g/mol. The second-order valence-corrected chi connectivity index (χ2v) is 4.36. The Morgan fingerprint density at radius 1 is 1.20 bits per heavy atom. The number of halogens is 4. The van der Waals surface area contributed by atoms with Gasteiger partial charge in [-0.1, -0.05) is 17.7 Å². The summed E-state index contributed by atoms with van der Waals surface area (Å²) < 4.78 is 39.0. The molecule has 3 N–H and O–H groups in total. The Morgan fingerprint density at radius 2 is 1.95 bits per heavy atom. The number of alkyl halides is 3. The van der Waals surface area contributed by atoms with E-state index in [1.165, 1.54) is 12.3 Å². The predicted octanol–water partition coefficient (Wildman–Crippen LogP) is 2.70. The summed E-state index contributed by atoms with van der Waals surface area (Å²) in [4.78, 5) is 7.56. The van der Waals surface area contributed by atoms with E-state index in [2.05, 4.69) is 15.4 Å². The van der Waals surface area contributed by atoms with Crippen LogP contribution in [0.1, 0.15) is 22.7 Å². The number of rotatable bonds is 3. The zero-order chi connectivity index (χ0) is 14.8. The second kappa shape index (κ2) is 5.74. The number of pyridine rings is 2. The number of nitrogens with one attached hydrogen (secondary N) is 1. The Labute approximate surface area is 117 Å². The third kappa shape index (κ3) is 3.06. The molecule has 2 aromatic rings. The molecule has 1 atom stereocenters. The van der Waals surface area contributed by atoms with Crippen LogP contribution in [-0.2, 0) is 6.18 Å². The van der Waals surface area contributed by atoms with Crippen LogP contribution >= 0.6 is 11.6 Å². The molecule has 0 aliphatic rings. The molecule has 0 aliphatic carbocycles. The van der Waals surface area contributed by atoms with Crippen molar-refractivity contribution in [1.29, 1.82) is 0 Å². The normalized spacial score (nSPS) is 13.2. The molecule has 0 radical (unpaired) electrons. The largest absolute Gasteiger partial charge is 0.416 e. The minimum atomic E-state index is -4.49. The highest BCUT2D eigenvalue weighted by Gasteiger charge is 2.35. The lowest BCUT2D eigenvalue weighted by molar-refractivity contribution is -0.138. The maximum absolute atomic E-state index is 13.0. The maximum atomic E-state index is 13.0. The lowest BCUT2D eigenvalue weighted by Gasteiger charge is -2.20. The Bertz CT molecular complexity index is 586. The molecule has 0 fully saturated rings. The minimum absolute atomic E-state index is 0.0772. The van der Waals surface area contributed by atoms with Crippen molar-refractivity contribution in [3.05, 3.63) is 58.6 Å². The first-order valence-electron chi connectivity index (χ1n) is 5.52. The summed E-state index contributed by atoms with van der Waals surface area (Å²) in [5.74, 6) is 5.38. The van der Waals surface area contributed by atoms with Gasteiger partial charge in [0, 0.05) is 24.2 Å². The van der Waals surface area contributed by atoms with Gasteiger partial charge in [-0.15, -0.1) is 0 Å². The number of nitrogens with two attached hydrogens (primary N) is 1. The summed E-state index contributed by atoms with van der Waals surface area (Å²) in [5.41, 5.74) is 1.92. The van der Waals surface area contributed by atoms with Gasteiger partial charge in [0.25, 0.3) is 0 Å². The first kappa shape index (κ1) is 14.7. The van der Waals surface area contributed by atoms with Crippen LogP contribution in [0.15, 0.2) is 36.8 Å². The van der Waals surface area contributed by atoms with Crippen LogP contribution < -0.4 is 11.3 Å². The molecule has 2 rings (SSSR count). The second-order valence-electron chi connectivity index (χ2n) is 3.97. The lowest BCUT2D eigenvalue weighted by Crippen LogP contribution is -2.30. The Kier molecular flexibility index (Phi) is 4.22. The van der Waals surface area contributed by atoms with Gasteiger partial charge in [0.05, 0.1) is 11.6 Å². The Hall–Kier alpha value is -1.70. The Balaban J connectivity index is 2.50. The van der Waals surface area contributed by atoms with Gasteiger partial charge in [0.15, 0.2) is 0 Å². The molecular formula is C12H10ClF3N4.